The molecule has 2 aliphatic rings. The van der Waals surface area contributed by atoms with E-state index in [0.29, 0.717) is 52.8 Å². The molecule has 4 amide bonds. The van der Waals surface area contributed by atoms with Crippen LogP contribution in [0.15, 0.2) is 61.2 Å². The molecular weight excluding hydrogens is 843 g/mol. The molecule has 4 heterocycles. The van der Waals surface area contributed by atoms with E-state index in [-0.39, 0.29) is 0 Å². The fourth-order valence-corrected chi connectivity index (χ4v) is 6.23. The zero-order valence-corrected chi connectivity index (χ0v) is 39.8. The summed E-state index contributed by atoms with van der Waals surface area (Å²) in [5.74, 6) is 1.68. The second-order valence-corrected chi connectivity index (χ2v) is 15.2. The van der Waals surface area contributed by atoms with E-state index in [1.807, 2.05) is 34.1 Å². The number of aromatic amines is 2. The highest BCUT2D eigenvalue weighted by Gasteiger charge is 2.25. The van der Waals surface area contributed by atoms with Crippen LogP contribution in [0, 0.1) is 37.5 Å². The van der Waals surface area contributed by atoms with Crippen LogP contribution in [0.1, 0.15) is 73.1 Å². The number of primary amides is 1. The van der Waals surface area contributed by atoms with Gasteiger partial charge >= 0.3 is 6.09 Å². The number of nitrogens with two attached hydrogens (primary N) is 1. The monoisotopic (exact) mass is 910 g/mol. The van der Waals surface area contributed by atoms with E-state index in [1.54, 1.807) is 33.9 Å². The summed E-state index contributed by atoms with van der Waals surface area (Å²) >= 11 is 12.1. The van der Waals surface area contributed by atoms with Crippen molar-refractivity contribution in [3.05, 3.63) is 71.5 Å². The third-order valence-corrected chi connectivity index (χ3v) is 9.23. The van der Waals surface area contributed by atoms with Crippen LogP contribution >= 0.6 is 23.2 Å². The molecule has 4 aromatic rings. The molecule has 0 aliphatic carbocycles. The van der Waals surface area contributed by atoms with Crippen molar-refractivity contribution in [2.75, 3.05) is 48.0 Å². The highest BCUT2D eigenvalue weighted by molar-refractivity contribution is 6.32. The minimum absolute atomic E-state index is 0.343. The van der Waals surface area contributed by atoms with Crippen molar-refractivity contribution in [3.63, 3.8) is 0 Å². The number of hydrogen-bond acceptors (Lipinski definition) is 8. The standard InChI is InChI=1S/C18H12Cl2N4.C10H19NO.C9H17NO.C2H5NO2.C2H5NO.C2H6O.2C2H2/c19-17-15(21-9-23-17)13-5-1-11(2-6-13)12-3-7-14(8-4-12)16-18(20)24-10-22-16;1-8(2)7-10(12)11-6-4-5-9(11)3;1-8(2)7-9(11)10-5-3-4-6-10;1-5-2(3)4;1-3-2-4;1-3-2;2*1-2/h1-10H,(H,21,23)(H,22,24);8-9H,4-7H2,1-3H3;8H,3-7H2,1-2H3;1H3,(H2,3,4);2H,1H3,(H,3,4);1-2H3;2*1-2H/t;9-;;;;;;/m.0....../s1. The predicted octanol–water partition coefficient (Wildman–Crippen LogP) is 8.97. The minimum Gasteiger partial charge on any atom is -0.453 e. The molecule has 2 fully saturated rings. The van der Waals surface area contributed by atoms with Gasteiger partial charge in [-0.3, -0.25) is 14.4 Å². The number of rotatable bonds is 8. The summed E-state index contributed by atoms with van der Waals surface area (Å²) in [5, 5.41) is 3.34. The number of nitrogens with zero attached hydrogens (tertiary/aromatic N) is 4. The Bertz CT molecular complexity index is 1780. The first-order valence-corrected chi connectivity index (χ1v) is 21.1. The fourth-order valence-electron chi connectivity index (χ4n) is 5.82. The van der Waals surface area contributed by atoms with Gasteiger partial charge in [-0.15, -0.1) is 25.7 Å². The second kappa shape index (κ2) is 35.8. The lowest BCUT2D eigenvalue weighted by Crippen LogP contribution is -2.34. The summed E-state index contributed by atoms with van der Waals surface area (Å²) in [6.45, 7) is 13.5. The van der Waals surface area contributed by atoms with E-state index in [1.165, 1.54) is 32.8 Å². The number of nitrogens with one attached hydrogen (secondary N) is 3. The Morgan fingerprint density at radius 3 is 1.38 bits per heavy atom. The smallest absolute Gasteiger partial charge is 0.404 e. The minimum atomic E-state index is -0.745. The van der Waals surface area contributed by atoms with Crippen molar-refractivity contribution in [2.24, 2.45) is 17.6 Å². The maximum absolute atomic E-state index is 11.6. The predicted molar refractivity (Wildman–Crippen MR) is 257 cm³/mol. The summed E-state index contributed by atoms with van der Waals surface area (Å²) in [4.78, 5) is 59.6. The van der Waals surface area contributed by atoms with Crippen LogP contribution in [-0.4, -0.2) is 108 Å². The van der Waals surface area contributed by atoms with E-state index in [9.17, 15) is 14.4 Å². The van der Waals surface area contributed by atoms with Crippen molar-refractivity contribution >= 4 is 47.5 Å². The van der Waals surface area contributed by atoms with Crippen molar-refractivity contribution in [1.82, 2.24) is 35.1 Å². The largest absolute Gasteiger partial charge is 0.453 e. The number of halogens is 2. The number of terminal acetylenes is 2. The van der Waals surface area contributed by atoms with E-state index in [0.717, 1.165) is 59.7 Å². The summed E-state index contributed by atoms with van der Waals surface area (Å²) in [5.41, 5.74) is 10.1. The average molecular weight is 912 g/mol. The molecule has 2 saturated heterocycles. The summed E-state index contributed by atoms with van der Waals surface area (Å²) in [7, 11) is 6.04. The van der Waals surface area contributed by atoms with Gasteiger partial charge in [0.2, 0.25) is 18.2 Å². The number of likely N-dealkylation sites (tertiary alicyclic amines) is 2. The van der Waals surface area contributed by atoms with Crippen molar-refractivity contribution in [1.29, 1.82) is 0 Å². The van der Waals surface area contributed by atoms with Gasteiger partial charge in [-0.1, -0.05) is 99.4 Å². The van der Waals surface area contributed by atoms with E-state index in [2.05, 4.69) is 125 Å². The fraction of sp³-hybridized carbons (Fsp3) is 0.447. The van der Waals surface area contributed by atoms with Crippen molar-refractivity contribution in [3.8, 4) is 59.3 Å². The number of carbonyl (C=O) groups is 4. The number of amides is 4. The zero-order valence-electron chi connectivity index (χ0n) is 38.3. The Morgan fingerprint density at radius 1 is 0.762 bits per heavy atom. The van der Waals surface area contributed by atoms with Crippen molar-refractivity contribution < 1.29 is 28.7 Å². The molecule has 346 valence electrons. The number of hydrogen-bond donors (Lipinski definition) is 4. The molecule has 0 spiro atoms. The quantitative estimate of drug-likeness (QED) is 0.0996. The number of aromatic nitrogens is 4. The Balaban J connectivity index is 0. The molecular formula is C47H68Cl2N8O6. The van der Waals surface area contributed by atoms with Gasteiger partial charge in [0.25, 0.3) is 0 Å². The summed E-state index contributed by atoms with van der Waals surface area (Å²) in [6, 6.07) is 16.7. The third kappa shape index (κ3) is 24.4. The van der Waals surface area contributed by atoms with Gasteiger partial charge in [0, 0.05) is 70.9 Å². The second-order valence-electron chi connectivity index (χ2n) is 14.5. The molecule has 2 aliphatic heterocycles. The van der Waals surface area contributed by atoms with Crippen LogP contribution in [0.3, 0.4) is 0 Å². The van der Waals surface area contributed by atoms with Gasteiger partial charge in [-0.25, -0.2) is 14.8 Å². The molecule has 0 bridgehead atoms. The lowest BCUT2D eigenvalue weighted by Gasteiger charge is -2.22. The number of benzene rings is 2. The van der Waals surface area contributed by atoms with Crippen molar-refractivity contribution in [2.45, 2.75) is 79.2 Å². The number of methoxy groups -OCH3 is 2. The molecule has 16 heteroatoms. The van der Waals surface area contributed by atoms with Crippen LogP contribution in [0.4, 0.5) is 4.79 Å². The highest BCUT2D eigenvalue weighted by atomic mass is 35.5. The maximum Gasteiger partial charge on any atom is 0.404 e. The average Bonchev–Trinajstić information content (AvgIpc) is 4.13. The lowest BCUT2D eigenvalue weighted by molar-refractivity contribution is -0.132. The molecule has 0 unspecified atom stereocenters. The van der Waals surface area contributed by atoms with Gasteiger partial charge in [-0.05, 0) is 55.6 Å². The van der Waals surface area contributed by atoms with Gasteiger partial charge in [-0.2, -0.15) is 0 Å². The SMILES string of the molecule is C#C.C#C.CC(C)CC(=O)N1CCCC1.CC(C)CC(=O)N1CCC[C@@H]1C.CNC=O.COC.COC(N)=O.Clc1[nH]cnc1-c1ccc(-c2ccc(-c3nc[nH]c3Cl)cc2)cc1. The first-order chi connectivity index (χ1) is 30.1. The Labute approximate surface area is 385 Å². The summed E-state index contributed by atoms with van der Waals surface area (Å²) < 4.78 is 8.14. The van der Waals surface area contributed by atoms with Crippen LogP contribution < -0.4 is 11.1 Å². The molecule has 0 radical (unpaired) electrons. The van der Waals surface area contributed by atoms with Crippen LogP contribution in [0.5, 0.6) is 0 Å². The van der Waals surface area contributed by atoms with E-state index >= 15 is 0 Å². The number of carbonyl (C=O) groups excluding carboxylic acids is 4. The Kier molecular flexibility index (Phi) is 33.7. The normalized spacial score (nSPS) is 13.0. The lowest BCUT2D eigenvalue weighted by atomic mass is 10.0. The number of ether oxygens (including phenoxy) is 2. The molecule has 14 nitrogen and oxygen atoms in total. The Hall–Kier alpha value is -5.80. The van der Waals surface area contributed by atoms with Gasteiger partial charge in [0.1, 0.15) is 21.7 Å². The topological polar surface area (TPSA) is 189 Å². The maximum atomic E-state index is 11.6. The first kappa shape index (κ1) is 59.3. The van der Waals surface area contributed by atoms with Gasteiger partial charge in [0.05, 0.1) is 19.8 Å². The van der Waals surface area contributed by atoms with Gasteiger partial charge in [0.15, 0.2) is 0 Å². The molecule has 5 N–H and O–H groups in total. The van der Waals surface area contributed by atoms with Crippen LogP contribution in [0.25, 0.3) is 33.6 Å². The van der Waals surface area contributed by atoms with E-state index in [4.69, 9.17) is 28.0 Å². The molecule has 6 rings (SSSR count). The van der Waals surface area contributed by atoms with E-state index < -0.39 is 6.09 Å². The number of H-pyrrole nitrogens is 2. The summed E-state index contributed by atoms with van der Waals surface area (Å²) in [6.07, 6.45) is 25.3. The first-order valence-electron chi connectivity index (χ1n) is 20.3. The molecule has 63 heavy (non-hydrogen) atoms. The third-order valence-electron chi connectivity index (χ3n) is 8.65. The van der Waals surface area contributed by atoms with Gasteiger partial charge < -0.3 is 40.3 Å². The molecule has 1 atom stereocenters. The zero-order chi connectivity index (χ0) is 48.3. The highest BCUT2D eigenvalue weighted by Crippen LogP contribution is 2.30. The number of imidazole rings is 2. The Morgan fingerprint density at radius 2 is 1.11 bits per heavy atom. The molecule has 2 aromatic carbocycles. The van der Waals surface area contributed by atoms with Crippen LogP contribution in [0.2, 0.25) is 10.3 Å². The molecule has 2 aromatic heterocycles. The van der Waals surface area contributed by atoms with Crippen LogP contribution in [-0.2, 0) is 23.9 Å². The molecule has 0 saturated carbocycles.